The van der Waals surface area contributed by atoms with Crippen LogP contribution in [0.4, 0.5) is 15.8 Å². The van der Waals surface area contributed by atoms with E-state index in [-0.39, 0.29) is 17.5 Å². The zero-order chi connectivity index (χ0) is 16.2. The quantitative estimate of drug-likeness (QED) is 0.787. The van der Waals surface area contributed by atoms with E-state index in [1.165, 1.54) is 32.2 Å². The first-order valence-corrected chi connectivity index (χ1v) is 7.11. The molecule has 0 aliphatic carbocycles. The van der Waals surface area contributed by atoms with Crippen LogP contribution in [0.15, 0.2) is 18.2 Å². The van der Waals surface area contributed by atoms with Crippen LogP contribution >= 0.6 is 0 Å². The molecule has 0 unspecified atom stereocenters. The van der Waals surface area contributed by atoms with Gasteiger partial charge in [0, 0.05) is 19.7 Å². The van der Waals surface area contributed by atoms with E-state index in [1.54, 1.807) is 0 Å². The molecule has 1 heterocycles. The lowest BCUT2D eigenvalue weighted by molar-refractivity contribution is -0.140. The minimum Gasteiger partial charge on any atom is -0.368 e. The number of hydrogen-bond donors (Lipinski definition) is 3. The molecule has 2 rings (SSSR count). The van der Waals surface area contributed by atoms with Gasteiger partial charge in [0.2, 0.25) is 5.91 Å². The van der Waals surface area contributed by atoms with Crippen LogP contribution in [-0.4, -0.2) is 37.6 Å². The highest BCUT2D eigenvalue weighted by Crippen LogP contribution is 2.26. The minimum absolute atomic E-state index is 0.0196. The number of nitrogens with one attached hydrogen (secondary N) is 3. The SMILES string of the molecule is COC1(C(=O)Nc2cc(NC(C)=O)ccc2F)CCNCC1. The van der Waals surface area contributed by atoms with E-state index in [4.69, 9.17) is 4.74 Å². The number of methoxy groups -OCH3 is 1. The van der Waals surface area contributed by atoms with Gasteiger partial charge in [-0.3, -0.25) is 9.59 Å². The summed E-state index contributed by atoms with van der Waals surface area (Å²) in [6.45, 7) is 2.68. The lowest BCUT2D eigenvalue weighted by Gasteiger charge is -2.34. The molecular weight excluding hydrogens is 289 g/mol. The molecular formula is C15H20FN3O3. The number of carbonyl (C=O) groups is 2. The Morgan fingerprint density at radius 1 is 1.27 bits per heavy atom. The lowest BCUT2D eigenvalue weighted by atomic mass is 9.91. The van der Waals surface area contributed by atoms with E-state index < -0.39 is 11.4 Å². The van der Waals surface area contributed by atoms with Gasteiger partial charge in [-0.2, -0.15) is 0 Å². The maximum absolute atomic E-state index is 13.9. The third-order valence-electron chi connectivity index (χ3n) is 3.75. The molecule has 7 heteroatoms. The standard InChI is InChI=1S/C15H20FN3O3/c1-10(20)18-11-3-4-12(16)13(9-11)19-14(21)15(22-2)5-7-17-8-6-15/h3-4,9,17H,5-8H2,1-2H3,(H,18,20)(H,19,21). The Morgan fingerprint density at radius 2 is 1.95 bits per heavy atom. The second kappa shape index (κ2) is 6.85. The second-order valence-corrected chi connectivity index (χ2v) is 5.28. The molecule has 1 aliphatic heterocycles. The third-order valence-corrected chi connectivity index (χ3v) is 3.75. The monoisotopic (exact) mass is 309 g/mol. The Kier molecular flexibility index (Phi) is 5.10. The van der Waals surface area contributed by atoms with Gasteiger partial charge in [0.1, 0.15) is 11.4 Å². The molecule has 1 fully saturated rings. The van der Waals surface area contributed by atoms with Gasteiger partial charge in [-0.05, 0) is 44.1 Å². The normalized spacial score (nSPS) is 16.9. The Hall–Kier alpha value is -1.99. The number of amides is 2. The summed E-state index contributed by atoms with van der Waals surface area (Å²) >= 11 is 0. The third kappa shape index (κ3) is 3.61. The summed E-state index contributed by atoms with van der Waals surface area (Å²) in [5.74, 6) is -1.21. The highest BCUT2D eigenvalue weighted by Gasteiger charge is 2.39. The number of piperidine rings is 1. The number of rotatable bonds is 4. The van der Waals surface area contributed by atoms with Crippen LogP contribution in [-0.2, 0) is 14.3 Å². The van der Waals surface area contributed by atoms with Crippen molar-refractivity contribution in [3.63, 3.8) is 0 Å². The van der Waals surface area contributed by atoms with Crippen molar-refractivity contribution in [3.8, 4) is 0 Å². The summed E-state index contributed by atoms with van der Waals surface area (Å²) in [5.41, 5.74) is -0.519. The Balaban J connectivity index is 2.18. The van der Waals surface area contributed by atoms with Gasteiger partial charge in [0.05, 0.1) is 5.69 Å². The number of halogens is 1. The van der Waals surface area contributed by atoms with E-state index in [0.717, 1.165) is 0 Å². The molecule has 1 aromatic rings. The molecule has 0 atom stereocenters. The van der Waals surface area contributed by atoms with E-state index in [0.29, 0.717) is 31.6 Å². The van der Waals surface area contributed by atoms with Gasteiger partial charge in [0.15, 0.2) is 0 Å². The summed E-state index contributed by atoms with van der Waals surface area (Å²) in [7, 11) is 1.48. The van der Waals surface area contributed by atoms with Crippen molar-refractivity contribution in [2.24, 2.45) is 0 Å². The Labute approximate surface area is 128 Å². The van der Waals surface area contributed by atoms with Gasteiger partial charge < -0.3 is 20.7 Å². The molecule has 6 nitrogen and oxygen atoms in total. The van der Waals surface area contributed by atoms with Gasteiger partial charge in [-0.15, -0.1) is 0 Å². The van der Waals surface area contributed by atoms with Crippen molar-refractivity contribution in [1.29, 1.82) is 0 Å². The van der Waals surface area contributed by atoms with Gasteiger partial charge >= 0.3 is 0 Å². The van der Waals surface area contributed by atoms with Crippen LogP contribution in [0.5, 0.6) is 0 Å². The molecule has 3 N–H and O–H groups in total. The van der Waals surface area contributed by atoms with E-state index in [1.807, 2.05) is 0 Å². The summed E-state index contributed by atoms with van der Waals surface area (Å²) in [4.78, 5) is 23.5. The number of hydrogen-bond acceptors (Lipinski definition) is 4. The lowest BCUT2D eigenvalue weighted by Crippen LogP contribution is -2.51. The average Bonchev–Trinajstić information content (AvgIpc) is 2.50. The van der Waals surface area contributed by atoms with E-state index in [2.05, 4.69) is 16.0 Å². The van der Waals surface area contributed by atoms with Crippen LogP contribution in [0.2, 0.25) is 0 Å². The molecule has 0 bridgehead atoms. The topological polar surface area (TPSA) is 79.5 Å². The molecule has 0 saturated carbocycles. The van der Waals surface area contributed by atoms with Gasteiger partial charge in [-0.25, -0.2) is 4.39 Å². The highest BCUT2D eigenvalue weighted by atomic mass is 19.1. The molecule has 120 valence electrons. The number of benzene rings is 1. The van der Waals surface area contributed by atoms with E-state index in [9.17, 15) is 14.0 Å². The number of carbonyl (C=O) groups excluding carboxylic acids is 2. The Morgan fingerprint density at radius 3 is 2.55 bits per heavy atom. The van der Waals surface area contributed by atoms with Gasteiger partial charge in [-0.1, -0.05) is 0 Å². The predicted molar refractivity (Wildman–Crippen MR) is 81.2 cm³/mol. The van der Waals surface area contributed by atoms with Crippen LogP contribution in [0.25, 0.3) is 0 Å². The minimum atomic E-state index is -0.957. The van der Waals surface area contributed by atoms with Crippen molar-refractivity contribution in [2.75, 3.05) is 30.8 Å². The summed E-state index contributed by atoms with van der Waals surface area (Å²) in [6.07, 6.45) is 1.03. The van der Waals surface area contributed by atoms with Gasteiger partial charge in [0.25, 0.3) is 5.91 Å². The molecule has 0 aromatic heterocycles. The molecule has 1 saturated heterocycles. The number of ether oxygens (including phenoxy) is 1. The van der Waals surface area contributed by atoms with Crippen molar-refractivity contribution in [1.82, 2.24) is 5.32 Å². The van der Waals surface area contributed by atoms with Crippen molar-refractivity contribution in [2.45, 2.75) is 25.4 Å². The van der Waals surface area contributed by atoms with E-state index >= 15 is 0 Å². The molecule has 1 aliphatic rings. The fraction of sp³-hybridized carbons (Fsp3) is 0.467. The molecule has 1 aromatic carbocycles. The fourth-order valence-electron chi connectivity index (χ4n) is 2.49. The van der Waals surface area contributed by atoms with Crippen LogP contribution in [0, 0.1) is 5.82 Å². The maximum atomic E-state index is 13.9. The Bertz CT molecular complexity index is 571. The average molecular weight is 309 g/mol. The summed E-state index contributed by atoms with van der Waals surface area (Å²) in [5, 5.41) is 8.27. The number of anilines is 2. The summed E-state index contributed by atoms with van der Waals surface area (Å²) < 4.78 is 19.3. The fourth-order valence-corrected chi connectivity index (χ4v) is 2.49. The van der Waals surface area contributed by atoms with Crippen LogP contribution in [0.1, 0.15) is 19.8 Å². The highest BCUT2D eigenvalue weighted by molar-refractivity contribution is 5.98. The van der Waals surface area contributed by atoms with Crippen molar-refractivity contribution in [3.05, 3.63) is 24.0 Å². The summed E-state index contributed by atoms with van der Waals surface area (Å²) in [6, 6.07) is 4.02. The largest absolute Gasteiger partial charge is 0.368 e. The smallest absolute Gasteiger partial charge is 0.256 e. The molecule has 22 heavy (non-hydrogen) atoms. The molecule has 0 radical (unpaired) electrons. The molecule has 0 spiro atoms. The zero-order valence-corrected chi connectivity index (χ0v) is 12.7. The van der Waals surface area contributed by atoms with Crippen molar-refractivity contribution >= 4 is 23.2 Å². The second-order valence-electron chi connectivity index (χ2n) is 5.28. The van der Waals surface area contributed by atoms with Crippen LogP contribution in [0.3, 0.4) is 0 Å². The zero-order valence-electron chi connectivity index (χ0n) is 12.7. The van der Waals surface area contributed by atoms with Crippen molar-refractivity contribution < 1.29 is 18.7 Å². The molecule has 2 amide bonds. The first kappa shape index (κ1) is 16.4. The predicted octanol–water partition coefficient (Wildman–Crippen LogP) is 1.49. The first-order chi connectivity index (χ1) is 10.5. The first-order valence-electron chi connectivity index (χ1n) is 7.11. The maximum Gasteiger partial charge on any atom is 0.256 e. The van der Waals surface area contributed by atoms with Crippen LogP contribution < -0.4 is 16.0 Å².